The summed E-state index contributed by atoms with van der Waals surface area (Å²) < 4.78 is 6.22. The van der Waals surface area contributed by atoms with E-state index in [0.717, 1.165) is 38.2 Å². The second kappa shape index (κ2) is 10.0. The van der Waals surface area contributed by atoms with Gasteiger partial charge in [-0.05, 0) is 50.0 Å². The Labute approximate surface area is 168 Å². The average molecular weight is 397 g/mol. The van der Waals surface area contributed by atoms with E-state index in [2.05, 4.69) is 15.6 Å². The van der Waals surface area contributed by atoms with Gasteiger partial charge in [-0.15, -0.1) is 0 Å². The molecular formula is C20H36N4O2S. The highest BCUT2D eigenvalue weighted by molar-refractivity contribution is 7.99. The number of hydrogen-bond acceptors (Lipinski definition) is 4. The molecule has 3 fully saturated rings. The lowest BCUT2D eigenvalue weighted by Crippen LogP contribution is -2.54. The number of ether oxygens (including phenoxy) is 1. The molecule has 2 N–H and O–H groups in total. The van der Waals surface area contributed by atoms with Crippen molar-refractivity contribution in [2.24, 2.45) is 4.99 Å². The van der Waals surface area contributed by atoms with Crippen LogP contribution in [0.5, 0.6) is 0 Å². The Kier molecular flexibility index (Phi) is 7.70. The van der Waals surface area contributed by atoms with Gasteiger partial charge in [-0.2, -0.15) is 11.8 Å². The maximum absolute atomic E-state index is 12.0. The summed E-state index contributed by atoms with van der Waals surface area (Å²) in [4.78, 5) is 18.2. The molecule has 7 heteroatoms. The van der Waals surface area contributed by atoms with Gasteiger partial charge in [0.25, 0.3) is 0 Å². The summed E-state index contributed by atoms with van der Waals surface area (Å²) in [5.41, 5.74) is 0.0522. The van der Waals surface area contributed by atoms with Crippen molar-refractivity contribution in [1.29, 1.82) is 0 Å². The second-order valence-corrected chi connectivity index (χ2v) is 9.63. The van der Waals surface area contributed by atoms with Gasteiger partial charge in [-0.1, -0.05) is 19.3 Å². The maximum Gasteiger partial charge on any atom is 0.243 e. The molecule has 0 bridgehead atoms. The topological polar surface area (TPSA) is 66.0 Å². The zero-order chi connectivity index (χ0) is 19.1. The van der Waals surface area contributed by atoms with Crippen LogP contribution in [0.3, 0.4) is 0 Å². The van der Waals surface area contributed by atoms with E-state index in [1.807, 2.05) is 11.8 Å². The summed E-state index contributed by atoms with van der Waals surface area (Å²) in [6.07, 6.45) is 10.6. The summed E-state index contributed by atoms with van der Waals surface area (Å²) in [5.74, 6) is 3.24. The number of likely N-dealkylation sites (N-methyl/N-ethyl adjacent to an activating group) is 1. The molecule has 1 saturated carbocycles. The summed E-state index contributed by atoms with van der Waals surface area (Å²) in [5, 5.41) is 7.26. The number of aliphatic imine (C=N–C) groups is 1. The minimum Gasteiger partial charge on any atom is -0.375 e. The molecule has 1 atom stereocenters. The standard InChI is InChI=1S/C20H36N4O2S/c1-24(2)18(25)15-21-19(22-16-6-4-3-5-7-16)23-17-8-11-26-20(14-17)9-12-27-13-10-20/h16-17H,3-15H2,1-2H3,(H2,21,22,23). The van der Waals surface area contributed by atoms with Crippen LogP contribution in [0, 0.1) is 0 Å². The zero-order valence-electron chi connectivity index (χ0n) is 17.0. The van der Waals surface area contributed by atoms with Crippen LogP contribution >= 0.6 is 11.8 Å². The largest absolute Gasteiger partial charge is 0.375 e. The first-order valence-corrected chi connectivity index (χ1v) is 11.7. The molecule has 0 aromatic carbocycles. The van der Waals surface area contributed by atoms with Gasteiger partial charge in [0.1, 0.15) is 6.54 Å². The summed E-state index contributed by atoms with van der Waals surface area (Å²) >= 11 is 2.04. The fraction of sp³-hybridized carbons (Fsp3) is 0.900. The van der Waals surface area contributed by atoms with Crippen LogP contribution in [0.2, 0.25) is 0 Å². The van der Waals surface area contributed by atoms with E-state index in [9.17, 15) is 4.79 Å². The van der Waals surface area contributed by atoms with Crippen molar-refractivity contribution in [2.75, 3.05) is 38.8 Å². The Morgan fingerprint density at radius 1 is 1.11 bits per heavy atom. The number of amides is 1. The van der Waals surface area contributed by atoms with E-state index >= 15 is 0 Å². The van der Waals surface area contributed by atoms with Crippen LogP contribution in [-0.4, -0.2) is 73.2 Å². The first-order chi connectivity index (χ1) is 13.1. The van der Waals surface area contributed by atoms with E-state index in [4.69, 9.17) is 4.74 Å². The van der Waals surface area contributed by atoms with Gasteiger partial charge in [-0.3, -0.25) is 4.79 Å². The van der Waals surface area contributed by atoms with Gasteiger partial charge < -0.3 is 20.3 Å². The lowest BCUT2D eigenvalue weighted by atomic mass is 9.85. The molecule has 1 amide bonds. The van der Waals surface area contributed by atoms with Crippen molar-refractivity contribution in [3.63, 3.8) is 0 Å². The Balaban J connectivity index is 1.62. The Bertz CT molecular complexity index is 509. The van der Waals surface area contributed by atoms with Gasteiger partial charge in [0, 0.05) is 32.8 Å². The molecule has 154 valence electrons. The lowest BCUT2D eigenvalue weighted by molar-refractivity contribution is -0.127. The van der Waals surface area contributed by atoms with Crippen LogP contribution in [-0.2, 0) is 9.53 Å². The summed E-state index contributed by atoms with van der Waals surface area (Å²) in [6, 6.07) is 0.838. The minimum absolute atomic E-state index is 0.0347. The van der Waals surface area contributed by atoms with Crippen molar-refractivity contribution < 1.29 is 9.53 Å². The van der Waals surface area contributed by atoms with Crippen LogP contribution in [0.15, 0.2) is 4.99 Å². The van der Waals surface area contributed by atoms with E-state index in [-0.39, 0.29) is 18.1 Å². The van der Waals surface area contributed by atoms with Crippen molar-refractivity contribution in [3.05, 3.63) is 0 Å². The van der Waals surface area contributed by atoms with Crippen LogP contribution in [0.1, 0.15) is 57.8 Å². The fourth-order valence-corrected chi connectivity index (χ4v) is 5.53. The van der Waals surface area contributed by atoms with Crippen LogP contribution in [0.25, 0.3) is 0 Å². The SMILES string of the molecule is CN(C)C(=O)CN=C(NC1CCCCC1)NC1CCOC2(CCSCC2)C1. The van der Waals surface area contributed by atoms with Crippen molar-refractivity contribution in [3.8, 4) is 0 Å². The number of carbonyl (C=O) groups excluding carboxylic acids is 1. The second-order valence-electron chi connectivity index (χ2n) is 8.41. The molecule has 0 radical (unpaired) electrons. The molecule has 6 nitrogen and oxygen atoms in total. The third-order valence-corrected chi connectivity index (χ3v) is 7.04. The van der Waals surface area contributed by atoms with Crippen molar-refractivity contribution >= 4 is 23.6 Å². The minimum atomic E-state index is 0.0347. The highest BCUT2D eigenvalue weighted by Crippen LogP contribution is 2.37. The summed E-state index contributed by atoms with van der Waals surface area (Å²) in [7, 11) is 3.56. The smallest absolute Gasteiger partial charge is 0.243 e. The summed E-state index contributed by atoms with van der Waals surface area (Å²) in [6.45, 7) is 1.01. The van der Waals surface area contributed by atoms with E-state index in [1.165, 1.54) is 43.6 Å². The zero-order valence-corrected chi connectivity index (χ0v) is 17.8. The van der Waals surface area contributed by atoms with Crippen molar-refractivity contribution in [1.82, 2.24) is 15.5 Å². The fourth-order valence-electron chi connectivity index (χ4n) is 4.30. The highest BCUT2D eigenvalue weighted by Gasteiger charge is 2.39. The van der Waals surface area contributed by atoms with Crippen molar-refractivity contribution in [2.45, 2.75) is 75.5 Å². The number of nitrogens with one attached hydrogen (secondary N) is 2. The molecule has 1 unspecified atom stereocenters. The molecule has 2 aliphatic heterocycles. The molecule has 3 rings (SSSR count). The normalized spacial score (nSPS) is 26.6. The molecule has 1 aliphatic carbocycles. The number of thioether (sulfide) groups is 1. The average Bonchev–Trinajstić information content (AvgIpc) is 2.67. The first-order valence-electron chi connectivity index (χ1n) is 10.6. The van der Waals surface area contributed by atoms with E-state index in [1.54, 1.807) is 19.0 Å². The molecule has 27 heavy (non-hydrogen) atoms. The molecule has 1 spiro atoms. The van der Waals surface area contributed by atoms with Gasteiger partial charge in [0.2, 0.25) is 5.91 Å². The van der Waals surface area contributed by atoms with Crippen LogP contribution < -0.4 is 10.6 Å². The third-order valence-electron chi connectivity index (χ3n) is 6.06. The molecule has 3 aliphatic rings. The predicted molar refractivity (Wildman–Crippen MR) is 112 cm³/mol. The van der Waals surface area contributed by atoms with E-state index < -0.39 is 0 Å². The molecule has 2 saturated heterocycles. The van der Waals surface area contributed by atoms with Gasteiger partial charge in [0.15, 0.2) is 5.96 Å². The highest BCUT2D eigenvalue weighted by atomic mass is 32.2. The number of hydrogen-bond donors (Lipinski definition) is 2. The van der Waals surface area contributed by atoms with Gasteiger partial charge >= 0.3 is 0 Å². The number of rotatable bonds is 4. The third kappa shape index (κ3) is 6.28. The predicted octanol–water partition coefficient (Wildman–Crippen LogP) is 2.39. The maximum atomic E-state index is 12.0. The molecule has 2 heterocycles. The first kappa shape index (κ1) is 20.8. The number of guanidine groups is 1. The Morgan fingerprint density at radius 2 is 1.81 bits per heavy atom. The quantitative estimate of drug-likeness (QED) is 0.564. The van der Waals surface area contributed by atoms with E-state index in [0.29, 0.717) is 12.1 Å². The van der Waals surface area contributed by atoms with Gasteiger partial charge in [0.05, 0.1) is 5.60 Å². The molecular weight excluding hydrogens is 360 g/mol. The number of carbonyl (C=O) groups is 1. The Morgan fingerprint density at radius 3 is 2.52 bits per heavy atom. The lowest BCUT2D eigenvalue weighted by Gasteiger charge is -2.43. The van der Waals surface area contributed by atoms with Gasteiger partial charge in [-0.25, -0.2) is 4.99 Å². The monoisotopic (exact) mass is 396 g/mol. The molecule has 0 aromatic rings. The Hall–Kier alpha value is -0.950. The molecule has 0 aromatic heterocycles. The number of nitrogens with zero attached hydrogens (tertiary/aromatic N) is 2. The van der Waals surface area contributed by atoms with Crippen LogP contribution in [0.4, 0.5) is 0 Å².